The lowest BCUT2D eigenvalue weighted by Crippen LogP contribution is -2.39. The van der Waals surface area contributed by atoms with Crippen LogP contribution in [0.2, 0.25) is 5.02 Å². The number of aryl methyl sites for hydroxylation is 2. The van der Waals surface area contributed by atoms with Crippen molar-refractivity contribution in [3.05, 3.63) is 58.1 Å². The van der Waals surface area contributed by atoms with Crippen molar-refractivity contribution in [3.8, 4) is 5.75 Å². The number of anilines is 1. The van der Waals surface area contributed by atoms with Crippen LogP contribution >= 0.6 is 11.6 Å². The van der Waals surface area contributed by atoms with Gasteiger partial charge in [0.15, 0.2) is 5.96 Å². The van der Waals surface area contributed by atoms with E-state index in [2.05, 4.69) is 33.9 Å². The van der Waals surface area contributed by atoms with Gasteiger partial charge in [-0.2, -0.15) is 0 Å². The molecule has 0 unspecified atom stereocenters. The van der Waals surface area contributed by atoms with Gasteiger partial charge in [0.25, 0.3) is 0 Å². The molecular formula is C22H29ClN4O2. The molecule has 0 aliphatic heterocycles. The van der Waals surface area contributed by atoms with Gasteiger partial charge in [-0.15, -0.1) is 0 Å². The van der Waals surface area contributed by atoms with Gasteiger partial charge in [-0.25, -0.2) is 0 Å². The molecule has 0 saturated heterocycles. The average Bonchev–Trinajstić information content (AvgIpc) is 2.69. The fourth-order valence-electron chi connectivity index (χ4n) is 2.87. The lowest BCUT2D eigenvalue weighted by atomic mass is 10.1. The summed E-state index contributed by atoms with van der Waals surface area (Å²) in [5.74, 6) is 1.42. The second kappa shape index (κ2) is 11.3. The Bertz CT molecular complexity index is 868. The highest BCUT2D eigenvalue weighted by atomic mass is 35.5. The Morgan fingerprint density at radius 2 is 1.76 bits per heavy atom. The third kappa shape index (κ3) is 7.31. The number of nitrogens with zero attached hydrogens (tertiary/aromatic N) is 1. The van der Waals surface area contributed by atoms with Crippen LogP contribution in [0.1, 0.15) is 23.1 Å². The van der Waals surface area contributed by atoms with Crippen molar-refractivity contribution < 1.29 is 9.53 Å². The first-order valence-corrected chi connectivity index (χ1v) is 9.94. The minimum Gasteiger partial charge on any atom is -0.496 e. The predicted molar refractivity (Wildman–Crippen MR) is 120 cm³/mol. The van der Waals surface area contributed by atoms with Gasteiger partial charge >= 0.3 is 0 Å². The molecule has 0 saturated carbocycles. The summed E-state index contributed by atoms with van der Waals surface area (Å²) in [5, 5.41) is 9.77. The topological polar surface area (TPSA) is 74.8 Å². The average molecular weight is 417 g/mol. The molecule has 0 bridgehead atoms. The highest BCUT2D eigenvalue weighted by Gasteiger charge is 2.07. The summed E-state index contributed by atoms with van der Waals surface area (Å²) in [5.41, 5.74) is 4.01. The summed E-state index contributed by atoms with van der Waals surface area (Å²) in [6.45, 7) is 5.17. The summed E-state index contributed by atoms with van der Waals surface area (Å²) in [7, 11) is 3.38. The number of halogens is 1. The van der Waals surface area contributed by atoms with Crippen LogP contribution in [0.5, 0.6) is 5.75 Å². The number of rotatable bonds is 8. The van der Waals surface area contributed by atoms with Crippen molar-refractivity contribution in [2.24, 2.45) is 4.99 Å². The Balaban J connectivity index is 1.75. The van der Waals surface area contributed by atoms with Crippen LogP contribution in [0.3, 0.4) is 0 Å². The van der Waals surface area contributed by atoms with E-state index < -0.39 is 0 Å². The van der Waals surface area contributed by atoms with Gasteiger partial charge in [-0.3, -0.25) is 9.79 Å². The summed E-state index contributed by atoms with van der Waals surface area (Å²) < 4.78 is 5.41. The third-order valence-electron chi connectivity index (χ3n) is 4.39. The van der Waals surface area contributed by atoms with Gasteiger partial charge in [0.2, 0.25) is 5.91 Å². The van der Waals surface area contributed by atoms with Gasteiger partial charge in [-0.05, 0) is 49.6 Å². The Morgan fingerprint density at radius 1 is 1.07 bits per heavy atom. The number of amides is 1. The number of aliphatic imine (C=N–C) groups is 1. The SMILES string of the molecule is CN=C(NCCC(=O)Nc1ccc(C)cc1Cl)NCCc1cc(C)ccc1OC. The number of carbonyl (C=O) groups excluding carboxylic acids is 1. The zero-order valence-corrected chi connectivity index (χ0v) is 18.2. The zero-order valence-electron chi connectivity index (χ0n) is 17.4. The van der Waals surface area contributed by atoms with Gasteiger partial charge in [0.1, 0.15) is 5.75 Å². The standard InChI is InChI=1S/C22H29ClN4O2/c1-15-6-8-20(29-4)17(13-15)9-11-25-22(24-3)26-12-10-21(28)27-19-7-5-16(2)14-18(19)23/h5-8,13-14H,9-12H2,1-4H3,(H,27,28)(H2,24,25,26). The van der Waals surface area contributed by atoms with Gasteiger partial charge < -0.3 is 20.7 Å². The van der Waals surface area contributed by atoms with Crippen LogP contribution in [0.25, 0.3) is 0 Å². The van der Waals surface area contributed by atoms with Crippen molar-refractivity contribution in [2.45, 2.75) is 26.7 Å². The van der Waals surface area contributed by atoms with Gasteiger partial charge in [0.05, 0.1) is 17.8 Å². The largest absolute Gasteiger partial charge is 0.496 e. The molecule has 0 spiro atoms. The molecule has 0 atom stereocenters. The molecule has 2 rings (SSSR count). The molecular weight excluding hydrogens is 388 g/mol. The Morgan fingerprint density at radius 3 is 2.45 bits per heavy atom. The monoisotopic (exact) mass is 416 g/mol. The van der Waals surface area contributed by atoms with Crippen molar-refractivity contribution >= 4 is 29.2 Å². The van der Waals surface area contributed by atoms with Gasteiger partial charge in [-0.1, -0.05) is 35.4 Å². The maximum Gasteiger partial charge on any atom is 0.226 e. The molecule has 156 valence electrons. The zero-order chi connectivity index (χ0) is 21.2. The number of hydrogen-bond acceptors (Lipinski definition) is 3. The smallest absolute Gasteiger partial charge is 0.226 e. The molecule has 2 aromatic carbocycles. The van der Waals surface area contributed by atoms with E-state index in [9.17, 15) is 4.79 Å². The molecule has 0 aliphatic carbocycles. The van der Waals surface area contributed by atoms with Crippen molar-refractivity contribution in [1.29, 1.82) is 0 Å². The minimum absolute atomic E-state index is 0.108. The van der Waals surface area contributed by atoms with Crippen molar-refractivity contribution in [1.82, 2.24) is 10.6 Å². The van der Waals surface area contributed by atoms with E-state index in [0.29, 0.717) is 36.2 Å². The van der Waals surface area contributed by atoms with Crippen LogP contribution in [-0.2, 0) is 11.2 Å². The van der Waals surface area contributed by atoms with E-state index in [0.717, 1.165) is 23.3 Å². The van der Waals surface area contributed by atoms with E-state index in [-0.39, 0.29) is 5.91 Å². The maximum atomic E-state index is 12.1. The molecule has 0 aromatic heterocycles. The first-order chi connectivity index (χ1) is 13.9. The van der Waals surface area contributed by atoms with E-state index >= 15 is 0 Å². The van der Waals surface area contributed by atoms with E-state index in [1.165, 1.54) is 5.56 Å². The Hall–Kier alpha value is -2.73. The molecule has 2 aromatic rings. The first-order valence-electron chi connectivity index (χ1n) is 9.57. The lowest BCUT2D eigenvalue weighted by Gasteiger charge is -2.14. The molecule has 7 heteroatoms. The van der Waals surface area contributed by atoms with E-state index in [1.54, 1.807) is 14.2 Å². The number of benzene rings is 2. The summed E-state index contributed by atoms with van der Waals surface area (Å²) in [6.07, 6.45) is 1.11. The number of nitrogens with one attached hydrogen (secondary N) is 3. The molecule has 1 amide bonds. The number of methoxy groups -OCH3 is 1. The maximum absolute atomic E-state index is 12.1. The predicted octanol–water partition coefficient (Wildman–Crippen LogP) is 3.70. The number of hydrogen-bond donors (Lipinski definition) is 3. The Kier molecular flexibility index (Phi) is 8.80. The van der Waals surface area contributed by atoms with Crippen molar-refractivity contribution in [2.75, 3.05) is 32.6 Å². The van der Waals surface area contributed by atoms with Crippen LogP contribution in [0.15, 0.2) is 41.4 Å². The molecule has 0 radical (unpaired) electrons. The lowest BCUT2D eigenvalue weighted by molar-refractivity contribution is -0.116. The number of carbonyl (C=O) groups is 1. The summed E-state index contributed by atoms with van der Waals surface area (Å²) in [4.78, 5) is 16.3. The normalized spacial score (nSPS) is 11.1. The molecule has 0 aliphatic rings. The number of ether oxygens (including phenoxy) is 1. The second-order valence-corrected chi connectivity index (χ2v) is 7.18. The Labute approximate surface area is 177 Å². The minimum atomic E-state index is -0.108. The number of guanidine groups is 1. The fraction of sp³-hybridized carbons (Fsp3) is 0.364. The summed E-state index contributed by atoms with van der Waals surface area (Å²) >= 11 is 6.15. The highest BCUT2D eigenvalue weighted by molar-refractivity contribution is 6.33. The first kappa shape index (κ1) is 22.6. The molecule has 6 nitrogen and oxygen atoms in total. The molecule has 29 heavy (non-hydrogen) atoms. The quantitative estimate of drug-likeness (QED) is 0.453. The molecule has 0 heterocycles. The van der Waals surface area contributed by atoms with E-state index in [1.807, 2.05) is 37.3 Å². The van der Waals surface area contributed by atoms with Crippen LogP contribution < -0.4 is 20.7 Å². The van der Waals surface area contributed by atoms with Gasteiger partial charge in [0, 0.05) is 26.6 Å². The molecule has 3 N–H and O–H groups in total. The van der Waals surface area contributed by atoms with Crippen LogP contribution in [0, 0.1) is 13.8 Å². The second-order valence-electron chi connectivity index (χ2n) is 6.77. The van der Waals surface area contributed by atoms with E-state index in [4.69, 9.17) is 16.3 Å². The van der Waals surface area contributed by atoms with Crippen molar-refractivity contribution in [3.63, 3.8) is 0 Å². The van der Waals surface area contributed by atoms with Crippen LogP contribution in [0.4, 0.5) is 5.69 Å². The highest BCUT2D eigenvalue weighted by Crippen LogP contribution is 2.22. The molecule has 0 fully saturated rings. The summed E-state index contributed by atoms with van der Waals surface area (Å²) in [6, 6.07) is 11.7. The third-order valence-corrected chi connectivity index (χ3v) is 4.70. The van der Waals surface area contributed by atoms with Crippen LogP contribution in [-0.4, -0.2) is 39.1 Å². The fourth-order valence-corrected chi connectivity index (χ4v) is 3.15.